The summed E-state index contributed by atoms with van der Waals surface area (Å²) in [4.78, 5) is 48.1. The molecule has 0 radical (unpaired) electrons. The predicted octanol–water partition coefficient (Wildman–Crippen LogP) is 11.5. The summed E-state index contributed by atoms with van der Waals surface area (Å²) >= 11 is 0. The van der Waals surface area contributed by atoms with Gasteiger partial charge < -0.3 is 49.7 Å². The van der Waals surface area contributed by atoms with E-state index < -0.39 is 4.93 Å². The molecule has 0 bridgehead atoms. The first-order valence-corrected chi connectivity index (χ1v) is 31.3. The van der Waals surface area contributed by atoms with Crippen LogP contribution in [0.2, 0.25) is 0 Å². The first kappa shape index (κ1) is 71.3. The Labute approximate surface area is 479 Å². The van der Waals surface area contributed by atoms with Crippen LogP contribution in [0.4, 0.5) is 0 Å². The summed E-state index contributed by atoms with van der Waals surface area (Å²) in [6, 6.07) is 14.4. The minimum absolute atomic E-state index is 0.0237. The van der Waals surface area contributed by atoms with Crippen LogP contribution in [0.3, 0.4) is 0 Å². The van der Waals surface area contributed by atoms with Crippen molar-refractivity contribution in [3.05, 3.63) is 59.7 Å². The van der Waals surface area contributed by atoms with E-state index in [9.17, 15) is 19.2 Å². The van der Waals surface area contributed by atoms with E-state index in [0.717, 1.165) is 25.7 Å². The van der Waals surface area contributed by atoms with Gasteiger partial charge in [-0.2, -0.15) is 0 Å². The Morgan fingerprint density at radius 1 is 0.571 bits per heavy atom. The summed E-state index contributed by atoms with van der Waals surface area (Å²) in [5.74, 6) is 14.2. The van der Waals surface area contributed by atoms with Crippen LogP contribution in [0.25, 0.3) is 0 Å². The van der Waals surface area contributed by atoms with Crippen molar-refractivity contribution in [1.82, 2.24) is 21.3 Å². The lowest BCUT2D eigenvalue weighted by molar-refractivity contribution is -0.127. The Morgan fingerprint density at radius 3 is 1.49 bits per heavy atom. The van der Waals surface area contributed by atoms with Crippen molar-refractivity contribution in [2.45, 2.75) is 149 Å². The first-order chi connectivity index (χ1) is 36.3. The van der Waals surface area contributed by atoms with Crippen molar-refractivity contribution >= 4 is 66.8 Å². The largest absolute Gasteiger partial charge is 0.490 e. The van der Waals surface area contributed by atoms with Crippen LogP contribution in [0, 0.1) is 47.4 Å². The molecule has 0 heterocycles. The Morgan fingerprint density at radius 2 is 1.04 bits per heavy atom. The van der Waals surface area contributed by atoms with Crippen LogP contribution in [0.5, 0.6) is 11.5 Å². The number of ether oxygens (including phenoxy) is 6. The molecule has 2 rings (SSSR count). The van der Waals surface area contributed by atoms with Gasteiger partial charge in [0.1, 0.15) is 43.4 Å². The molecular formula is C59H94N4O10S4. The Hall–Kier alpha value is -3.72. The van der Waals surface area contributed by atoms with Crippen molar-refractivity contribution in [2.75, 3.05) is 79.0 Å². The van der Waals surface area contributed by atoms with Crippen LogP contribution in [0.15, 0.2) is 48.5 Å². The zero-order chi connectivity index (χ0) is 57.7. The van der Waals surface area contributed by atoms with E-state index in [4.69, 9.17) is 28.4 Å². The van der Waals surface area contributed by atoms with Gasteiger partial charge in [-0.1, -0.05) is 176 Å². The third-order valence-corrected chi connectivity index (χ3v) is 17.1. The molecule has 0 unspecified atom stereocenters. The number of benzene rings is 2. The van der Waals surface area contributed by atoms with Gasteiger partial charge in [0.2, 0.25) is 11.8 Å². The van der Waals surface area contributed by atoms with E-state index >= 15 is 0 Å². The Kier molecular flexibility index (Phi) is 37.5. The molecule has 4 amide bonds. The SMILES string of the molecule is CC(C)C#CCNC(=O)COCCO[C@H](COc1cccc(C(=O)NCCCC(C)C)c1)SSC(C)(C)C.CC(C)C#CCNC(=O)COCCO[C@](C)(COc1cccc(C(=O)NCCCC(C)C)c1)SSC(C)(C)C. The van der Waals surface area contributed by atoms with Crippen LogP contribution in [-0.2, 0) is 28.5 Å². The number of carbonyl (C=O) groups excluding carboxylic acids is 4. The molecule has 0 spiro atoms. The molecule has 18 heteroatoms. The summed E-state index contributed by atoms with van der Waals surface area (Å²) in [6.45, 7) is 35.2. The molecule has 434 valence electrons. The normalized spacial score (nSPS) is 12.6. The lowest BCUT2D eigenvalue weighted by atomic mass is 10.1. The predicted molar refractivity (Wildman–Crippen MR) is 324 cm³/mol. The summed E-state index contributed by atoms with van der Waals surface area (Å²) < 4.78 is 35.2. The maximum absolute atomic E-state index is 12.6. The molecule has 77 heavy (non-hydrogen) atoms. The van der Waals surface area contributed by atoms with Crippen molar-refractivity contribution in [3.63, 3.8) is 0 Å². The lowest BCUT2D eigenvalue weighted by Crippen LogP contribution is -2.34. The zero-order valence-corrected chi connectivity index (χ0v) is 52.3. The topological polar surface area (TPSA) is 172 Å². The fraction of sp³-hybridized carbons (Fsp3) is 0.661. The van der Waals surface area contributed by atoms with Crippen LogP contribution >= 0.6 is 43.2 Å². The minimum Gasteiger partial charge on any atom is -0.490 e. The fourth-order valence-electron chi connectivity index (χ4n) is 5.85. The highest BCUT2D eigenvalue weighted by Gasteiger charge is 2.31. The molecule has 4 N–H and O–H groups in total. The molecule has 2 aromatic carbocycles. The highest BCUT2D eigenvalue weighted by molar-refractivity contribution is 8.77. The second-order valence-electron chi connectivity index (χ2n) is 21.7. The average molecular weight is 1150 g/mol. The van der Waals surface area contributed by atoms with E-state index in [1.807, 2.05) is 58.9 Å². The summed E-state index contributed by atoms with van der Waals surface area (Å²) in [5, 5.41) is 11.4. The smallest absolute Gasteiger partial charge is 0.251 e. The quantitative estimate of drug-likeness (QED) is 0.0226. The van der Waals surface area contributed by atoms with E-state index in [2.05, 4.69) is 114 Å². The van der Waals surface area contributed by atoms with Gasteiger partial charge in [-0.3, -0.25) is 19.2 Å². The molecule has 0 aliphatic heterocycles. The highest BCUT2D eigenvalue weighted by Crippen LogP contribution is 2.44. The maximum atomic E-state index is 12.6. The fourth-order valence-corrected chi connectivity index (χ4v) is 10.3. The molecule has 0 saturated heterocycles. The Bertz CT molecular complexity index is 2130. The van der Waals surface area contributed by atoms with Gasteiger partial charge in [0, 0.05) is 45.5 Å². The second-order valence-corrected chi connectivity index (χ2v) is 28.3. The van der Waals surface area contributed by atoms with Crippen molar-refractivity contribution in [2.24, 2.45) is 23.7 Å². The van der Waals surface area contributed by atoms with Crippen molar-refractivity contribution in [3.8, 4) is 35.2 Å². The standard InChI is InChI=1S/C30H48N2O5S2.C29H46N2O5S2/c1-23(2)12-10-16-31-27(33)21-35-18-19-37-30(8,39-38-29(5,6)7)22-36-26-15-9-14-25(20-26)28(34)32-17-11-13-24(3)4;1-22(2)11-9-15-30-26(32)20-34-17-18-35-27(37-38-29(5,6)7)21-36-25-14-8-13-24(19-25)28(33)31-16-10-12-23(3)4/h9,14-15,20,23-24H,11,13,16-19,21-22H2,1-8H3,(H,31,33)(H,32,34);8,13-14,19,22-23,27H,10,12,15-18,20-21H2,1-7H3,(H,30,32)(H,31,33)/t30-;27-/m00/s1. The third kappa shape index (κ3) is 41.0. The van der Waals surface area contributed by atoms with Crippen LogP contribution in [0.1, 0.15) is 150 Å². The molecule has 0 aliphatic carbocycles. The second kappa shape index (κ2) is 40.5. The van der Waals surface area contributed by atoms with Gasteiger partial charge >= 0.3 is 0 Å². The van der Waals surface area contributed by atoms with Gasteiger partial charge in [0.05, 0.1) is 39.5 Å². The molecule has 0 aromatic heterocycles. The number of hydrogen-bond acceptors (Lipinski definition) is 14. The summed E-state index contributed by atoms with van der Waals surface area (Å²) in [6.07, 6.45) is 4.08. The lowest BCUT2D eigenvalue weighted by Gasteiger charge is -2.31. The molecule has 0 aliphatic rings. The highest BCUT2D eigenvalue weighted by atomic mass is 33.1. The maximum Gasteiger partial charge on any atom is 0.251 e. The van der Waals surface area contributed by atoms with Crippen LogP contribution < -0.4 is 30.7 Å². The molecule has 0 fully saturated rings. The summed E-state index contributed by atoms with van der Waals surface area (Å²) in [7, 11) is 6.61. The van der Waals surface area contributed by atoms with Crippen LogP contribution in [-0.4, -0.2) is 123 Å². The van der Waals surface area contributed by atoms with E-state index in [0.29, 0.717) is 80.5 Å². The summed E-state index contributed by atoms with van der Waals surface area (Å²) in [5.41, 5.74) is 0.887. The number of hydrogen-bond donors (Lipinski definition) is 4. The van der Waals surface area contributed by atoms with Gasteiger partial charge in [-0.25, -0.2) is 0 Å². The molecule has 2 aromatic rings. The third-order valence-electron chi connectivity index (χ3n) is 9.60. The molecule has 14 nitrogen and oxygen atoms in total. The van der Waals surface area contributed by atoms with E-state index in [1.165, 1.54) is 0 Å². The molecule has 0 saturated carbocycles. The average Bonchev–Trinajstić information content (AvgIpc) is 3.35. The van der Waals surface area contributed by atoms with Gasteiger partial charge in [0.15, 0.2) is 4.93 Å². The number of carbonyl (C=O) groups is 4. The molecule has 2 atom stereocenters. The number of nitrogens with one attached hydrogen (secondary N) is 4. The van der Waals surface area contributed by atoms with E-state index in [1.54, 1.807) is 67.4 Å². The molecular weight excluding hydrogens is 1050 g/mol. The van der Waals surface area contributed by atoms with E-state index in [-0.39, 0.29) is 83.4 Å². The van der Waals surface area contributed by atoms with Gasteiger partial charge in [-0.15, -0.1) is 0 Å². The Balaban J connectivity index is 0.000000770. The number of amides is 4. The zero-order valence-electron chi connectivity index (χ0n) is 49.0. The van der Waals surface area contributed by atoms with Crippen molar-refractivity contribution < 1.29 is 47.6 Å². The first-order valence-electron chi connectivity index (χ1n) is 26.9. The van der Waals surface area contributed by atoms with Gasteiger partial charge in [0.25, 0.3) is 11.8 Å². The monoisotopic (exact) mass is 1150 g/mol. The minimum atomic E-state index is -0.675. The number of rotatable bonds is 34. The van der Waals surface area contributed by atoms with Gasteiger partial charge in [-0.05, 0) is 80.8 Å². The van der Waals surface area contributed by atoms with Crippen molar-refractivity contribution in [1.29, 1.82) is 0 Å².